The lowest BCUT2D eigenvalue weighted by atomic mass is 10.1. The molecule has 3 rings (SSSR count). The van der Waals surface area contributed by atoms with E-state index in [1.54, 1.807) is 11.0 Å². The van der Waals surface area contributed by atoms with Gasteiger partial charge in [0.05, 0.1) is 18.7 Å². The highest BCUT2D eigenvalue weighted by molar-refractivity contribution is 5.88. The van der Waals surface area contributed by atoms with Crippen molar-refractivity contribution in [2.45, 2.75) is 32.4 Å². The number of carboxylic acids is 1. The Balaban J connectivity index is 1.90. The van der Waals surface area contributed by atoms with Crippen LogP contribution in [0.5, 0.6) is 5.75 Å². The first kappa shape index (κ1) is 21.7. The van der Waals surface area contributed by atoms with Gasteiger partial charge in [0.1, 0.15) is 17.4 Å². The molecule has 0 bridgehead atoms. The number of carbonyl (C=O) groups excluding carboxylic acids is 1. The van der Waals surface area contributed by atoms with Gasteiger partial charge in [0.25, 0.3) is 0 Å². The molecular weight excluding hydrogens is 394 g/mol. The number of nitrogens with one attached hydrogen (secondary N) is 1. The Hall–Kier alpha value is -3.00. The predicted octanol–water partition coefficient (Wildman–Crippen LogP) is 3.34. The van der Waals surface area contributed by atoms with Crippen molar-refractivity contribution < 1.29 is 28.2 Å². The van der Waals surface area contributed by atoms with Crippen molar-refractivity contribution >= 4 is 11.9 Å². The molecule has 2 aromatic rings. The van der Waals surface area contributed by atoms with E-state index in [2.05, 4.69) is 5.32 Å². The van der Waals surface area contributed by atoms with E-state index in [-0.39, 0.29) is 31.1 Å². The third-order valence-electron chi connectivity index (χ3n) is 4.80. The minimum Gasteiger partial charge on any atom is -0.493 e. The van der Waals surface area contributed by atoms with Crippen molar-refractivity contribution in [3.8, 4) is 5.75 Å². The van der Waals surface area contributed by atoms with Gasteiger partial charge >= 0.3 is 5.97 Å². The molecule has 0 atom stereocenters. The van der Waals surface area contributed by atoms with Gasteiger partial charge in [0, 0.05) is 31.3 Å². The first-order chi connectivity index (χ1) is 14.4. The molecule has 0 spiro atoms. The average Bonchev–Trinajstić information content (AvgIpc) is 2.68. The quantitative estimate of drug-likeness (QED) is 0.799. The predicted molar refractivity (Wildman–Crippen MR) is 106 cm³/mol. The van der Waals surface area contributed by atoms with E-state index in [0.29, 0.717) is 30.0 Å². The normalized spacial score (nSPS) is 16.3. The molecule has 1 aliphatic rings. The SMILES string of the molecule is O=C1CN(Cc2cc(F)cc(F)c2)Cc2ccc(C(=O)O)cc2OCCCCCN1. The molecule has 2 N–H and O–H groups in total. The van der Waals surface area contributed by atoms with Gasteiger partial charge in [-0.3, -0.25) is 9.69 Å². The van der Waals surface area contributed by atoms with Gasteiger partial charge in [-0.2, -0.15) is 0 Å². The maximum absolute atomic E-state index is 13.6. The molecular formula is C22H24F2N2O4. The summed E-state index contributed by atoms with van der Waals surface area (Å²) in [5.41, 5.74) is 1.20. The van der Waals surface area contributed by atoms with E-state index >= 15 is 0 Å². The fourth-order valence-electron chi connectivity index (χ4n) is 3.39. The van der Waals surface area contributed by atoms with Gasteiger partial charge in [0.2, 0.25) is 5.91 Å². The molecule has 0 saturated heterocycles. The van der Waals surface area contributed by atoms with Crippen LogP contribution < -0.4 is 10.1 Å². The Morgan fingerprint density at radius 2 is 1.83 bits per heavy atom. The summed E-state index contributed by atoms with van der Waals surface area (Å²) in [5, 5.41) is 12.1. The molecule has 30 heavy (non-hydrogen) atoms. The molecule has 8 heteroatoms. The van der Waals surface area contributed by atoms with E-state index in [4.69, 9.17) is 4.74 Å². The molecule has 0 radical (unpaired) electrons. The van der Waals surface area contributed by atoms with Crippen LogP contribution in [0.15, 0.2) is 36.4 Å². The molecule has 2 aromatic carbocycles. The molecule has 0 aliphatic carbocycles. The fourth-order valence-corrected chi connectivity index (χ4v) is 3.39. The molecule has 1 aliphatic heterocycles. The number of rotatable bonds is 3. The van der Waals surface area contributed by atoms with E-state index < -0.39 is 17.6 Å². The number of benzene rings is 2. The summed E-state index contributed by atoms with van der Waals surface area (Å²) in [4.78, 5) is 25.4. The minimum atomic E-state index is -1.06. The van der Waals surface area contributed by atoms with Crippen LogP contribution in [0.4, 0.5) is 8.78 Å². The lowest BCUT2D eigenvalue weighted by Gasteiger charge is -2.23. The maximum Gasteiger partial charge on any atom is 0.335 e. The van der Waals surface area contributed by atoms with Crippen LogP contribution in [0.1, 0.15) is 40.7 Å². The Labute approximate surface area is 173 Å². The number of amides is 1. The van der Waals surface area contributed by atoms with Crippen LogP contribution in [0.25, 0.3) is 0 Å². The summed E-state index contributed by atoms with van der Waals surface area (Å²) in [6, 6.07) is 7.85. The highest BCUT2D eigenvalue weighted by Crippen LogP contribution is 2.24. The number of halogens is 2. The number of carbonyl (C=O) groups is 2. The number of nitrogens with zero attached hydrogens (tertiary/aromatic N) is 1. The van der Waals surface area contributed by atoms with Gasteiger partial charge < -0.3 is 15.2 Å². The Bertz CT molecular complexity index is 900. The van der Waals surface area contributed by atoms with Crippen molar-refractivity contribution in [2.24, 2.45) is 0 Å². The molecule has 6 nitrogen and oxygen atoms in total. The van der Waals surface area contributed by atoms with Crippen LogP contribution in [0.3, 0.4) is 0 Å². The highest BCUT2D eigenvalue weighted by atomic mass is 19.1. The first-order valence-electron chi connectivity index (χ1n) is 9.84. The molecule has 0 aromatic heterocycles. The van der Waals surface area contributed by atoms with Crippen LogP contribution in [-0.2, 0) is 17.9 Å². The molecule has 1 amide bonds. The first-order valence-corrected chi connectivity index (χ1v) is 9.84. The van der Waals surface area contributed by atoms with Gasteiger partial charge in [-0.05, 0) is 49.1 Å². The Kier molecular flexibility index (Phi) is 7.35. The Morgan fingerprint density at radius 3 is 2.57 bits per heavy atom. The topological polar surface area (TPSA) is 78.9 Å². The fraction of sp³-hybridized carbons (Fsp3) is 0.364. The third-order valence-corrected chi connectivity index (χ3v) is 4.80. The molecule has 0 fully saturated rings. The molecule has 0 unspecified atom stereocenters. The van der Waals surface area contributed by atoms with Crippen molar-refractivity contribution in [1.82, 2.24) is 10.2 Å². The lowest BCUT2D eigenvalue weighted by molar-refractivity contribution is -0.122. The smallest absolute Gasteiger partial charge is 0.335 e. The number of ether oxygens (including phenoxy) is 1. The zero-order valence-electron chi connectivity index (χ0n) is 16.5. The summed E-state index contributed by atoms with van der Waals surface area (Å²) < 4.78 is 33.1. The van der Waals surface area contributed by atoms with Crippen molar-refractivity contribution in [3.63, 3.8) is 0 Å². The maximum atomic E-state index is 13.6. The number of aromatic carboxylic acids is 1. The van der Waals surface area contributed by atoms with Crippen LogP contribution in [0.2, 0.25) is 0 Å². The van der Waals surface area contributed by atoms with E-state index in [0.717, 1.165) is 25.3 Å². The van der Waals surface area contributed by atoms with Crippen molar-refractivity contribution in [2.75, 3.05) is 19.7 Å². The summed E-state index contributed by atoms with van der Waals surface area (Å²) >= 11 is 0. The lowest BCUT2D eigenvalue weighted by Crippen LogP contribution is -2.37. The number of fused-ring (bicyclic) bond motifs is 1. The largest absolute Gasteiger partial charge is 0.493 e. The van der Waals surface area contributed by atoms with Crippen molar-refractivity contribution in [3.05, 3.63) is 64.7 Å². The summed E-state index contributed by atoms with van der Waals surface area (Å²) in [6.45, 7) is 1.39. The third kappa shape index (κ3) is 6.25. The summed E-state index contributed by atoms with van der Waals surface area (Å²) in [5.74, 6) is -2.18. The zero-order valence-corrected chi connectivity index (χ0v) is 16.5. The van der Waals surface area contributed by atoms with Crippen molar-refractivity contribution in [1.29, 1.82) is 0 Å². The number of hydrogen-bond acceptors (Lipinski definition) is 4. The monoisotopic (exact) mass is 418 g/mol. The standard InChI is InChI=1S/C22H24F2N2O4/c23-18-8-15(9-19(24)11-18)12-26-13-17-5-4-16(22(28)29)10-20(17)30-7-3-1-2-6-25-21(27)14-26/h4-5,8-11H,1-3,6-7,12-14H2,(H,25,27)(H,28,29). The number of hydrogen-bond donors (Lipinski definition) is 2. The van der Waals surface area contributed by atoms with Gasteiger partial charge in [-0.1, -0.05) is 6.07 Å². The highest BCUT2D eigenvalue weighted by Gasteiger charge is 2.17. The zero-order chi connectivity index (χ0) is 21.5. The van der Waals surface area contributed by atoms with Crippen LogP contribution in [-0.4, -0.2) is 41.6 Å². The number of carboxylic acid groups (broad SMARTS) is 1. The molecule has 0 saturated carbocycles. The Morgan fingerprint density at radius 1 is 1.07 bits per heavy atom. The van der Waals surface area contributed by atoms with E-state index in [1.807, 2.05) is 0 Å². The molecule has 160 valence electrons. The van der Waals surface area contributed by atoms with Gasteiger partial charge in [-0.15, -0.1) is 0 Å². The second kappa shape index (κ2) is 10.2. The van der Waals surface area contributed by atoms with Crippen LogP contribution in [0, 0.1) is 11.6 Å². The average molecular weight is 418 g/mol. The minimum absolute atomic E-state index is 0.0260. The second-order valence-corrected chi connectivity index (χ2v) is 7.31. The van der Waals surface area contributed by atoms with E-state index in [1.165, 1.54) is 24.3 Å². The summed E-state index contributed by atoms with van der Waals surface area (Å²) in [6.07, 6.45) is 2.44. The van der Waals surface area contributed by atoms with Gasteiger partial charge in [-0.25, -0.2) is 13.6 Å². The molecule has 1 heterocycles. The van der Waals surface area contributed by atoms with Crippen LogP contribution >= 0.6 is 0 Å². The van der Waals surface area contributed by atoms with Gasteiger partial charge in [0.15, 0.2) is 0 Å². The van der Waals surface area contributed by atoms with E-state index in [9.17, 15) is 23.5 Å². The summed E-state index contributed by atoms with van der Waals surface area (Å²) in [7, 11) is 0. The second-order valence-electron chi connectivity index (χ2n) is 7.31.